The summed E-state index contributed by atoms with van der Waals surface area (Å²) in [6, 6.07) is 0. The maximum atomic E-state index is 10.4. The summed E-state index contributed by atoms with van der Waals surface area (Å²) in [6.07, 6.45) is 0. The number of carbonyl (C=O) groups is 2. The van der Waals surface area contributed by atoms with Crippen molar-refractivity contribution in [2.24, 2.45) is 0 Å². The summed E-state index contributed by atoms with van der Waals surface area (Å²) in [5, 5.41) is 17.3. The van der Waals surface area contributed by atoms with Gasteiger partial charge in [-0.25, -0.2) is 0 Å². The fraction of sp³-hybridized carbons (Fsp3) is 0.500. The molecule has 101 valence electrons. The Morgan fingerprint density at radius 1 is 0.647 bits per heavy atom. The van der Waals surface area contributed by atoms with Gasteiger partial charge in [0.25, 0.3) is 0 Å². The second-order valence-electron chi connectivity index (χ2n) is 3.53. The molecule has 0 fully saturated rings. The molecule has 0 amide bonds. The van der Waals surface area contributed by atoms with Gasteiger partial charge in [0.05, 0.1) is 11.5 Å². The first-order valence-corrected chi connectivity index (χ1v) is 4.86. The number of carbonyl (C=O) groups excluding carboxylic acids is 2. The van der Waals surface area contributed by atoms with Gasteiger partial charge in [0, 0.05) is 27.9 Å². The molecule has 0 unspecified atom stereocenters. The predicted octanol–water partition coefficient (Wildman–Crippen LogP) is 2.85. The Bertz CT molecular complexity index is 298. The summed E-state index contributed by atoms with van der Waals surface area (Å²) in [5.41, 5.74) is 0.870. The molecule has 0 aromatic carbocycles. The summed E-state index contributed by atoms with van der Waals surface area (Å²) >= 11 is 0. The van der Waals surface area contributed by atoms with E-state index in [0.29, 0.717) is 11.1 Å². The molecule has 0 bridgehead atoms. The number of hydrogen-bond acceptors (Lipinski definition) is 4. The zero-order valence-corrected chi connectivity index (χ0v) is 12.1. The van der Waals surface area contributed by atoms with Crippen molar-refractivity contribution in [3.8, 4) is 0 Å². The van der Waals surface area contributed by atoms with E-state index in [1.54, 1.807) is 13.8 Å². The van der Waals surface area contributed by atoms with Gasteiger partial charge in [-0.2, -0.15) is 0 Å². The molecule has 0 saturated heterocycles. The average Bonchev–Trinajstić information content (AvgIpc) is 2.15. The summed E-state index contributed by atoms with van der Waals surface area (Å²) < 4.78 is 0. The monoisotopic (exact) mass is 287 g/mol. The molecule has 5 heteroatoms. The van der Waals surface area contributed by atoms with E-state index in [-0.39, 0.29) is 39.9 Å². The molecule has 0 spiro atoms. The Balaban J connectivity index is -0.000000218. The third-order valence-corrected chi connectivity index (χ3v) is 2.14. The second-order valence-corrected chi connectivity index (χ2v) is 3.53. The molecule has 2 N–H and O–H groups in total. The number of hydrogen-bond donors (Lipinski definition) is 2. The van der Waals surface area contributed by atoms with Crippen molar-refractivity contribution >= 4 is 11.6 Å². The van der Waals surface area contributed by atoms with E-state index in [4.69, 9.17) is 10.2 Å². The first-order valence-electron chi connectivity index (χ1n) is 4.86. The normalized spacial score (nSPS) is 12.1. The van der Waals surface area contributed by atoms with E-state index in [2.05, 4.69) is 0 Å². The van der Waals surface area contributed by atoms with Gasteiger partial charge in [0.2, 0.25) is 0 Å². The molecule has 0 aliphatic carbocycles. The number of Topliss-reactive ketones (excluding diaryl/α,β-unsaturated/α-hetero) is 2. The van der Waals surface area contributed by atoms with E-state index in [9.17, 15) is 9.59 Å². The smallest absolute Gasteiger partial charge is 0.158 e. The van der Waals surface area contributed by atoms with Crippen molar-refractivity contribution in [3.05, 3.63) is 22.7 Å². The second kappa shape index (κ2) is 10.1. The fourth-order valence-electron chi connectivity index (χ4n) is 0.510. The molecule has 0 aromatic heterocycles. The largest absolute Gasteiger partial charge is 0.512 e. The molecule has 0 atom stereocenters. The summed E-state index contributed by atoms with van der Waals surface area (Å²) in [4.78, 5) is 20.7. The van der Waals surface area contributed by atoms with Crippen LogP contribution < -0.4 is 0 Å². The summed E-state index contributed by atoms with van der Waals surface area (Å²) in [7, 11) is 0. The third-order valence-electron chi connectivity index (χ3n) is 2.14. The number of aliphatic hydroxyl groups excluding tert-OH is 2. The van der Waals surface area contributed by atoms with Crippen LogP contribution in [0.5, 0.6) is 0 Å². The molecule has 0 heterocycles. The zero-order valence-electron chi connectivity index (χ0n) is 11.0. The van der Waals surface area contributed by atoms with Crippen LogP contribution in [0.4, 0.5) is 0 Å². The van der Waals surface area contributed by atoms with E-state index in [0.717, 1.165) is 0 Å². The van der Waals surface area contributed by atoms with Crippen molar-refractivity contribution in [3.63, 3.8) is 0 Å². The van der Waals surface area contributed by atoms with Crippen LogP contribution in [0.3, 0.4) is 0 Å². The minimum Gasteiger partial charge on any atom is -0.512 e. The van der Waals surface area contributed by atoms with Crippen LogP contribution in [0.1, 0.15) is 41.5 Å². The molecule has 0 aliphatic heterocycles. The fourth-order valence-corrected chi connectivity index (χ4v) is 0.510. The van der Waals surface area contributed by atoms with Crippen molar-refractivity contribution < 1.29 is 36.6 Å². The summed E-state index contributed by atoms with van der Waals surface area (Å²) in [6.45, 7) is 9.03. The predicted molar refractivity (Wildman–Crippen MR) is 63.4 cm³/mol. The quantitative estimate of drug-likeness (QED) is 0.605. The van der Waals surface area contributed by atoms with Gasteiger partial charge >= 0.3 is 0 Å². The Morgan fingerprint density at radius 2 is 0.824 bits per heavy atom. The Morgan fingerprint density at radius 3 is 0.824 bits per heavy atom. The minimum atomic E-state index is -0.0787. The van der Waals surface area contributed by atoms with Crippen LogP contribution in [0.2, 0.25) is 0 Å². The van der Waals surface area contributed by atoms with Gasteiger partial charge in [-0.05, 0) is 41.5 Å². The Labute approximate surface area is 113 Å². The maximum Gasteiger partial charge on any atom is 0.158 e. The van der Waals surface area contributed by atoms with Crippen molar-refractivity contribution in [1.82, 2.24) is 0 Å². The van der Waals surface area contributed by atoms with Crippen LogP contribution in [-0.2, 0) is 26.4 Å². The van der Waals surface area contributed by atoms with Crippen LogP contribution in [0, 0.1) is 0 Å². The molecular weight excluding hydrogens is 267 g/mol. The average molecular weight is 287 g/mol. The van der Waals surface area contributed by atoms with Gasteiger partial charge in [0.15, 0.2) is 11.6 Å². The van der Waals surface area contributed by atoms with E-state index < -0.39 is 0 Å². The summed E-state index contributed by atoms with van der Waals surface area (Å²) in [5.74, 6) is 0.0602. The first-order chi connectivity index (χ1) is 7.11. The van der Waals surface area contributed by atoms with Crippen LogP contribution in [0.15, 0.2) is 22.7 Å². The van der Waals surface area contributed by atoms with Crippen LogP contribution in [-0.4, -0.2) is 21.8 Å². The third kappa shape index (κ3) is 11.2. The van der Waals surface area contributed by atoms with Gasteiger partial charge in [-0.1, -0.05) is 0 Å². The van der Waals surface area contributed by atoms with Gasteiger partial charge < -0.3 is 10.2 Å². The Hall–Kier alpha value is -1.07. The molecule has 0 rings (SSSR count). The van der Waals surface area contributed by atoms with E-state index in [1.165, 1.54) is 27.7 Å². The van der Waals surface area contributed by atoms with Crippen molar-refractivity contribution in [1.29, 1.82) is 0 Å². The first kappa shape index (κ1) is 21.2. The number of aliphatic hydroxyl groups is 2. The van der Waals surface area contributed by atoms with Gasteiger partial charge in [0.1, 0.15) is 0 Å². The zero-order chi connectivity index (χ0) is 13.5. The molecule has 0 aromatic rings. The maximum absolute atomic E-state index is 10.4. The van der Waals surface area contributed by atoms with E-state index in [1.807, 2.05) is 0 Å². The molecule has 0 saturated carbocycles. The minimum absolute atomic E-state index is 0. The topological polar surface area (TPSA) is 74.6 Å². The Kier molecular flexibility index (Phi) is 12.6. The van der Waals surface area contributed by atoms with Gasteiger partial charge in [-0.3, -0.25) is 9.59 Å². The van der Waals surface area contributed by atoms with Gasteiger partial charge in [-0.15, -0.1) is 0 Å². The molecule has 1 radical (unpaired) electrons. The van der Waals surface area contributed by atoms with Crippen molar-refractivity contribution in [2.75, 3.05) is 0 Å². The van der Waals surface area contributed by atoms with Crippen molar-refractivity contribution in [2.45, 2.75) is 41.5 Å². The number of rotatable bonds is 2. The SMILES string of the molecule is CC(=O)C(C)=C(C)O.CC(=O)C(C)=C(C)O.[Co]. The standard InChI is InChI=1S/2C6H10O2.Co/c2*1-4(5(2)7)6(3)8;/h2*7H,1-3H3;. The molecule has 17 heavy (non-hydrogen) atoms. The molecule has 4 nitrogen and oxygen atoms in total. The number of allylic oxidation sites excluding steroid dienone is 4. The molecule has 0 aliphatic rings. The number of ketones is 2. The molecular formula is C12H20CoO4. The van der Waals surface area contributed by atoms with Crippen LogP contribution in [0.25, 0.3) is 0 Å². The van der Waals surface area contributed by atoms with Crippen LogP contribution >= 0.6 is 0 Å². The van der Waals surface area contributed by atoms with E-state index >= 15 is 0 Å².